The summed E-state index contributed by atoms with van der Waals surface area (Å²) in [6.07, 6.45) is 0. The van der Waals surface area contributed by atoms with E-state index in [0.717, 1.165) is 25.3 Å². The van der Waals surface area contributed by atoms with Gasteiger partial charge in [-0.3, -0.25) is 0 Å². The van der Waals surface area contributed by atoms with E-state index in [-0.39, 0.29) is 18.4 Å². The maximum atomic E-state index is 9.73. The van der Waals surface area contributed by atoms with Crippen molar-refractivity contribution in [3.05, 3.63) is 54.6 Å². The number of aliphatic hydroxyl groups excluding tert-OH is 1. The zero-order chi connectivity index (χ0) is 14.7. The van der Waals surface area contributed by atoms with Crippen molar-refractivity contribution in [1.29, 1.82) is 0 Å². The molecule has 1 aliphatic rings. The molecule has 0 saturated carbocycles. The fourth-order valence-corrected chi connectivity index (χ4v) is 2.90. The zero-order valence-corrected chi connectivity index (χ0v) is 11.9. The van der Waals surface area contributed by atoms with Crippen molar-refractivity contribution in [3.63, 3.8) is 0 Å². The normalized spacial score (nSPS) is 18.8. The molecular weight excluding hydrogens is 264 g/mol. The van der Waals surface area contributed by atoms with Crippen LogP contribution in [0.4, 0.5) is 11.4 Å². The van der Waals surface area contributed by atoms with Gasteiger partial charge in [0.2, 0.25) is 0 Å². The molecule has 1 unspecified atom stereocenters. The minimum atomic E-state index is 0.0285. The fraction of sp³-hybridized carbons (Fsp3) is 0.294. The van der Waals surface area contributed by atoms with E-state index in [1.807, 2.05) is 30.3 Å². The summed E-state index contributed by atoms with van der Waals surface area (Å²) in [5.41, 5.74) is 2.15. The number of para-hydroxylation sites is 1. The zero-order valence-electron chi connectivity index (χ0n) is 11.9. The van der Waals surface area contributed by atoms with Crippen LogP contribution in [0.5, 0.6) is 5.75 Å². The minimum absolute atomic E-state index is 0.0285. The lowest BCUT2D eigenvalue weighted by molar-refractivity contribution is 0.253. The first-order chi connectivity index (χ1) is 10.3. The molecule has 110 valence electrons. The Kier molecular flexibility index (Phi) is 3.97. The van der Waals surface area contributed by atoms with Crippen molar-refractivity contribution < 1.29 is 10.2 Å². The number of anilines is 2. The van der Waals surface area contributed by atoms with Crippen LogP contribution in [0, 0.1) is 0 Å². The summed E-state index contributed by atoms with van der Waals surface area (Å²) in [6, 6.07) is 17.5. The topological polar surface area (TPSA) is 46.9 Å². The monoisotopic (exact) mass is 284 g/mol. The van der Waals surface area contributed by atoms with Crippen LogP contribution >= 0.6 is 0 Å². The van der Waals surface area contributed by atoms with Gasteiger partial charge in [-0.05, 0) is 24.3 Å². The van der Waals surface area contributed by atoms with E-state index in [2.05, 4.69) is 21.9 Å². The molecule has 0 aromatic heterocycles. The van der Waals surface area contributed by atoms with E-state index in [9.17, 15) is 10.2 Å². The molecule has 1 fully saturated rings. The lowest BCUT2D eigenvalue weighted by Crippen LogP contribution is -2.55. The second-order valence-electron chi connectivity index (χ2n) is 5.33. The number of nitrogens with zero attached hydrogens (tertiary/aromatic N) is 2. The Hall–Kier alpha value is -2.20. The quantitative estimate of drug-likeness (QED) is 0.906. The van der Waals surface area contributed by atoms with Gasteiger partial charge in [-0.1, -0.05) is 24.3 Å². The SMILES string of the molecule is OCC1CN(c2ccccc2)CCN1c1cccc(O)c1. The van der Waals surface area contributed by atoms with E-state index in [4.69, 9.17) is 0 Å². The summed E-state index contributed by atoms with van der Waals surface area (Å²) < 4.78 is 0. The van der Waals surface area contributed by atoms with Gasteiger partial charge in [-0.25, -0.2) is 0 Å². The number of aliphatic hydroxyl groups is 1. The van der Waals surface area contributed by atoms with E-state index in [0.29, 0.717) is 0 Å². The van der Waals surface area contributed by atoms with Crippen molar-refractivity contribution in [2.45, 2.75) is 6.04 Å². The van der Waals surface area contributed by atoms with Crippen LogP contribution in [0.15, 0.2) is 54.6 Å². The molecular formula is C17H20N2O2. The Bertz CT molecular complexity index is 588. The highest BCUT2D eigenvalue weighted by Crippen LogP contribution is 2.26. The third-order valence-electron chi connectivity index (χ3n) is 3.98. The van der Waals surface area contributed by atoms with Crippen LogP contribution in [0.3, 0.4) is 0 Å². The van der Waals surface area contributed by atoms with Crippen molar-refractivity contribution in [3.8, 4) is 5.75 Å². The maximum Gasteiger partial charge on any atom is 0.117 e. The Morgan fingerprint density at radius 2 is 1.71 bits per heavy atom. The smallest absolute Gasteiger partial charge is 0.117 e. The summed E-state index contributed by atoms with van der Waals surface area (Å²) in [5, 5.41) is 19.4. The summed E-state index contributed by atoms with van der Waals surface area (Å²) in [7, 11) is 0. The fourth-order valence-electron chi connectivity index (χ4n) is 2.90. The van der Waals surface area contributed by atoms with Crippen LogP contribution < -0.4 is 9.80 Å². The number of rotatable bonds is 3. The predicted octanol–water partition coefficient (Wildman–Crippen LogP) is 2.08. The molecule has 1 saturated heterocycles. The first-order valence-corrected chi connectivity index (χ1v) is 7.24. The number of phenolic OH excluding ortho intramolecular Hbond substituents is 1. The predicted molar refractivity (Wildman–Crippen MR) is 85.0 cm³/mol. The highest BCUT2D eigenvalue weighted by Gasteiger charge is 2.26. The first kappa shape index (κ1) is 13.8. The van der Waals surface area contributed by atoms with Gasteiger partial charge in [0.25, 0.3) is 0 Å². The van der Waals surface area contributed by atoms with Crippen molar-refractivity contribution in [2.75, 3.05) is 36.0 Å². The summed E-state index contributed by atoms with van der Waals surface area (Å²) in [4.78, 5) is 4.46. The highest BCUT2D eigenvalue weighted by molar-refractivity contribution is 5.54. The van der Waals surface area contributed by atoms with Gasteiger partial charge in [0, 0.05) is 37.1 Å². The molecule has 0 aliphatic carbocycles. The molecule has 0 radical (unpaired) electrons. The number of piperazine rings is 1. The largest absolute Gasteiger partial charge is 0.508 e. The summed E-state index contributed by atoms with van der Waals surface area (Å²) in [6.45, 7) is 2.59. The van der Waals surface area contributed by atoms with E-state index in [1.54, 1.807) is 12.1 Å². The third kappa shape index (κ3) is 2.95. The van der Waals surface area contributed by atoms with Crippen LogP contribution in [0.1, 0.15) is 0 Å². The molecule has 1 atom stereocenters. The minimum Gasteiger partial charge on any atom is -0.508 e. The molecule has 2 N–H and O–H groups in total. The summed E-state index contributed by atoms with van der Waals surface area (Å²) in [5.74, 6) is 0.259. The molecule has 4 heteroatoms. The van der Waals surface area contributed by atoms with Gasteiger partial charge in [-0.15, -0.1) is 0 Å². The van der Waals surface area contributed by atoms with E-state index >= 15 is 0 Å². The second-order valence-corrected chi connectivity index (χ2v) is 5.33. The number of hydrogen-bond acceptors (Lipinski definition) is 4. The summed E-state index contributed by atoms with van der Waals surface area (Å²) >= 11 is 0. The van der Waals surface area contributed by atoms with E-state index < -0.39 is 0 Å². The van der Waals surface area contributed by atoms with Gasteiger partial charge in [0.15, 0.2) is 0 Å². The molecule has 2 aromatic carbocycles. The standard InChI is InChI=1S/C17H20N2O2/c20-13-16-12-18(14-5-2-1-3-6-14)9-10-19(16)15-7-4-8-17(21)11-15/h1-8,11,16,20-21H,9-10,12-13H2. The molecule has 0 bridgehead atoms. The van der Waals surface area contributed by atoms with Gasteiger partial charge in [-0.2, -0.15) is 0 Å². The maximum absolute atomic E-state index is 9.73. The van der Waals surface area contributed by atoms with E-state index in [1.165, 1.54) is 5.69 Å². The van der Waals surface area contributed by atoms with Crippen molar-refractivity contribution in [1.82, 2.24) is 0 Å². The lowest BCUT2D eigenvalue weighted by Gasteiger charge is -2.43. The number of phenols is 1. The number of benzene rings is 2. The van der Waals surface area contributed by atoms with Gasteiger partial charge < -0.3 is 20.0 Å². The Labute approximate surface area is 124 Å². The highest BCUT2D eigenvalue weighted by atomic mass is 16.3. The van der Waals surface area contributed by atoms with Crippen LogP contribution in [-0.4, -0.2) is 42.5 Å². The van der Waals surface area contributed by atoms with Crippen LogP contribution in [-0.2, 0) is 0 Å². The van der Waals surface area contributed by atoms with Crippen LogP contribution in [0.25, 0.3) is 0 Å². The number of aromatic hydroxyl groups is 1. The molecule has 0 spiro atoms. The average molecular weight is 284 g/mol. The van der Waals surface area contributed by atoms with Gasteiger partial charge in [0.05, 0.1) is 12.6 Å². The average Bonchev–Trinajstić information content (AvgIpc) is 2.55. The molecule has 2 aromatic rings. The molecule has 21 heavy (non-hydrogen) atoms. The number of hydrogen-bond donors (Lipinski definition) is 2. The molecule has 4 nitrogen and oxygen atoms in total. The lowest BCUT2D eigenvalue weighted by atomic mass is 10.1. The first-order valence-electron chi connectivity index (χ1n) is 7.24. The molecule has 3 rings (SSSR count). The second kappa shape index (κ2) is 6.06. The van der Waals surface area contributed by atoms with Crippen molar-refractivity contribution in [2.24, 2.45) is 0 Å². The molecule has 0 amide bonds. The van der Waals surface area contributed by atoms with Crippen molar-refractivity contribution >= 4 is 11.4 Å². The Morgan fingerprint density at radius 3 is 2.43 bits per heavy atom. The Morgan fingerprint density at radius 1 is 0.952 bits per heavy atom. The van der Waals surface area contributed by atoms with Crippen LogP contribution in [0.2, 0.25) is 0 Å². The van der Waals surface area contributed by atoms with Gasteiger partial charge >= 0.3 is 0 Å². The third-order valence-corrected chi connectivity index (χ3v) is 3.98. The Balaban J connectivity index is 1.78. The molecule has 1 aliphatic heterocycles. The van der Waals surface area contributed by atoms with Gasteiger partial charge in [0.1, 0.15) is 5.75 Å². The molecule has 1 heterocycles.